The lowest BCUT2D eigenvalue weighted by molar-refractivity contribution is -0.141. The Kier molecular flexibility index (Phi) is 8.71. The lowest BCUT2D eigenvalue weighted by Gasteiger charge is -2.31. The van der Waals surface area contributed by atoms with Crippen molar-refractivity contribution in [2.45, 2.75) is 53.1 Å². The zero-order chi connectivity index (χ0) is 21.4. The molecule has 0 aromatic heterocycles. The molecule has 1 atom stereocenters. The van der Waals surface area contributed by atoms with Crippen LogP contribution in [0.2, 0.25) is 5.02 Å². The highest BCUT2D eigenvalue weighted by Crippen LogP contribution is 2.18. The van der Waals surface area contributed by atoms with Gasteiger partial charge in [0.25, 0.3) is 0 Å². The largest absolute Gasteiger partial charge is 0.354 e. The van der Waals surface area contributed by atoms with E-state index in [4.69, 9.17) is 11.6 Å². The molecule has 29 heavy (non-hydrogen) atoms. The van der Waals surface area contributed by atoms with Crippen molar-refractivity contribution in [2.24, 2.45) is 5.92 Å². The van der Waals surface area contributed by atoms with Gasteiger partial charge >= 0.3 is 0 Å². The summed E-state index contributed by atoms with van der Waals surface area (Å²) < 4.78 is 0. The summed E-state index contributed by atoms with van der Waals surface area (Å²) in [4.78, 5) is 27.9. The van der Waals surface area contributed by atoms with Crippen LogP contribution in [0.15, 0.2) is 48.5 Å². The monoisotopic (exact) mass is 414 g/mol. The Morgan fingerprint density at radius 2 is 1.83 bits per heavy atom. The Morgan fingerprint density at radius 3 is 2.45 bits per heavy atom. The highest BCUT2D eigenvalue weighted by atomic mass is 35.5. The lowest BCUT2D eigenvalue weighted by Crippen LogP contribution is -2.50. The van der Waals surface area contributed by atoms with E-state index in [2.05, 4.69) is 19.2 Å². The van der Waals surface area contributed by atoms with Crippen LogP contribution in [0.3, 0.4) is 0 Å². The average Bonchev–Trinajstić information content (AvgIpc) is 2.67. The van der Waals surface area contributed by atoms with Gasteiger partial charge < -0.3 is 10.2 Å². The third-order valence-corrected chi connectivity index (χ3v) is 5.15. The normalized spacial score (nSPS) is 11.9. The third kappa shape index (κ3) is 6.90. The van der Waals surface area contributed by atoms with Crippen LogP contribution in [0.5, 0.6) is 0 Å². The first-order valence-corrected chi connectivity index (χ1v) is 10.6. The van der Waals surface area contributed by atoms with Gasteiger partial charge in [0.2, 0.25) is 11.8 Å². The van der Waals surface area contributed by atoms with Crippen LogP contribution in [-0.4, -0.2) is 29.3 Å². The van der Waals surface area contributed by atoms with E-state index >= 15 is 0 Å². The minimum Gasteiger partial charge on any atom is -0.354 e. The van der Waals surface area contributed by atoms with Crippen molar-refractivity contribution >= 4 is 23.4 Å². The van der Waals surface area contributed by atoms with Crippen molar-refractivity contribution < 1.29 is 9.59 Å². The van der Waals surface area contributed by atoms with Crippen molar-refractivity contribution in [1.82, 2.24) is 10.2 Å². The number of hydrogen-bond donors (Lipinski definition) is 1. The number of carbonyl (C=O) groups is 2. The molecule has 2 amide bonds. The number of nitrogens with zero attached hydrogens (tertiary/aromatic N) is 1. The van der Waals surface area contributed by atoms with Gasteiger partial charge in [-0.25, -0.2) is 0 Å². The fraction of sp³-hybridized carbons (Fsp3) is 0.417. The summed E-state index contributed by atoms with van der Waals surface area (Å²) in [6.45, 7) is 9.06. The highest BCUT2D eigenvalue weighted by Gasteiger charge is 2.29. The van der Waals surface area contributed by atoms with E-state index in [-0.39, 0.29) is 18.2 Å². The smallest absolute Gasteiger partial charge is 0.242 e. The van der Waals surface area contributed by atoms with Gasteiger partial charge in [-0.1, -0.05) is 68.8 Å². The Bertz CT molecular complexity index is 835. The van der Waals surface area contributed by atoms with E-state index in [9.17, 15) is 9.59 Å². The van der Waals surface area contributed by atoms with E-state index in [1.807, 2.05) is 50.2 Å². The number of halogens is 1. The van der Waals surface area contributed by atoms with Crippen LogP contribution < -0.4 is 5.32 Å². The molecule has 0 aliphatic carbocycles. The number of aryl methyl sites for hydroxylation is 1. The minimum absolute atomic E-state index is 0.0814. The Labute approximate surface area is 179 Å². The standard InChI is InChI=1S/C24H31ClN2O2/c1-5-22(24(29)26-15-17(2)3)27(16-20-11-7-6-9-18(20)4)23(28)14-19-10-8-12-21(25)13-19/h6-13,17,22H,5,14-16H2,1-4H3,(H,26,29)/t22-/m1/s1. The molecular formula is C24H31ClN2O2. The zero-order valence-electron chi connectivity index (χ0n) is 17.7. The maximum Gasteiger partial charge on any atom is 0.242 e. The minimum atomic E-state index is -0.514. The van der Waals surface area contributed by atoms with Gasteiger partial charge in [0.15, 0.2) is 0 Å². The Hall–Kier alpha value is -2.33. The molecule has 0 saturated carbocycles. The number of rotatable bonds is 9. The number of nitrogens with one attached hydrogen (secondary N) is 1. The molecule has 1 N–H and O–H groups in total. The molecule has 0 aliphatic heterocycles. The topological polar surface area (TPSA) is 49.4 Å². The van der Waals surface area contributed by atoms with Gasteiger partial charge in [-0.2, -0.15) is 0 Å². The van der Waals surface area contributed by atoms with Gasteiger partial charge in [-0.05, 0) is 48.1 Å². The fourth-order valence-corrected chi connectivity index (χ4v) is 3.45. The SMILES string of the molecule is CC[C@H](C(=O)NCC(C)C)N(Cc1ccccc1C)C(=O)Cc1cccc(Cl)c1. The number of hydrogen-bond acceptors (Lipinski definition) is 2. The van der Waals surface area contributed by atoms with Crippen molar-refractivity contribution in [3.8, 4) is 0 Å². The second kappa shape index (κ2) is 11.0. The summed E-state index contributed by atoms with van der Waals surface area (Å²) in [5.41, 5.74) is 2.99. The van der Waals surface area contributed by atoms with Crippen LogP contribution >= 0.6 is 11.6 Å². The van der Waals surface area contributed by atoms with Crippen LogP contribution in [0, 0.1) is 12.8 Å². The van der Waals surface area contributed by atoms with E-state index < -0.39 is 6.04 Å². The first kappa shape index (κ1) is 23.0. The molecule has 0 bridgehead atoms. The molecule has 0 saturated heterocycles. The first-order valence-electron chi connectivity index (χ1n) is 10.2. The van der Waals surface area contributed by atoms with Gasteiger partial charge in [-0.15, -0.1) is 0 Å². The molecule has 2 aromatic rings. The molecule has 5 heteroatoms. The molecule has 0 unspecified atom stereocenters. The molecule has 2 rings (SSSR count). The van der Waals surface area contributed by atoms with Crippen LogP contribution in [0.4, 0.5) is 0 Å². The van der Waals surface area contributed by atoms with Gasteiger partial charge in [0.1, 0.15) is 6.04 Å². The van der Waals surface area contributed by atoms with Gasteiger partial charge in [-0.3, -0.25) is 9.59 Å². The van der Waals surface area contributed by atoms with Crippen LogP contribution in [0.25, 0.3) is 0 Å². The maximum atomic E-state index is 13.3. The van der Waals surface area contributed by atoms with Gasteiger partial charge in [0, 0.05) is 18.1 Å². The van der Waals surface area contributed by atoms with Crippen LogP contribution in [-0.2, 0) is 22.6 Å². The summed E-state index contributed by atoms with van der Waals surface area (Å²) in [6, 6.07) is 14.8. The van der Waals surface area contributed by atoms with Crippen LogP contribution in [0.1, 0.15) is 43.9 Å². The second-order valence-corrected chi connectivity index (χ2v) is 8.25. The highest BCUT2D eigenvalue weighted by molar-refractivity contribution is 6.30. The predicted octanol–water partition coefficient (Wildman–Crippen LogP) is 4.77. The molecule has 0 aliphatic rings. The number of amides is 2. The molecule has 0 heterocycles. The zero-order valence-corrected chi connectivity index (χ0v) is 18.5. The summed E-state index contributed by atoms with van der Waals surface area (Å²) >= 11 is 6.08. The lowest BCUT2D eigenvalue weighted by atomic mass is 10.0. The Balaban J connectivity index is 2.29. The fourth-order valence-electron chi connectivity index (χ4n) is 3.24. The maximum absolute atomic E-state index is 13.3. The summed E-state index contributed by atoms with van der Waals surface area (Å²) in [5, 5.41) is 3.59. The summed E-state index contributed by atoms with van der Waals surface area (Å²) in [6.07, 6.45) is 0.761. The van der Waals surface area contributed by atoms with Gasteiger partial charge in [0.05, 0.1) is 6.42 Å². The van der Waals surface area contributed by atoms with Crippen molar-refractivity contribution in [3.05, 3.63) is 70.2 Å². The molecule has 0 fully saturated rings. The summed E-state index contributed by atoms with van der Waals surface area (Å²) in [5.74, 6) is 0.166. The summed E-state index contributed by atoms with van der Waals surface area (Å²) in [7, 11) is 0. The molecular weight excluding hydrogens is 384 g/mol. The van der Waals surface area contributed by atoms with E-state index in [1.54, 1.807) is 17.0 Å². The van der Waals surface area contributed by atoms with Crippen molar-refractivity contribution in [1.29, 1.82) is 0 Å². The molecule has 2 aromatic carbocycles. The predicted molar refractivity (Wildman–Crippen MR) is 119 cm³/mol. The van der Waals surface area contributed by atoms with E-state index in [1.165, 1.54) is 0 Å². The number of carbonyl (C=O) groups excluding carboxylic acids is 2. The average molecular weight is 415 g/mol. The molecule has 4 nitrogen and oxygen atoms in total. The van der Waals surface area contributed by atoms with Crippen molar-refractivity contribution in [3.63, 3.8) is 0 Å². The second-order valence-electron chi connectivity index (χ2n) is 7.82. The molecule has 156 valence electrons. The number of benzene rings is 2. The molecule has 0 radical (unpaired) electrons. The Morgan fingerprint density at radius 1 is 1.10 bits per heavy atom. The first-order chi connectivity index (χ1) is 13.8. The van der Waals surface area contributed by atoms with E-state index in [0.717, 1.165) is 16.7 Å². The molecule has 0 spiro atoms. The van der Waals surface area contributed by atoms with Crippen molar-refractivity contribution in [2.75, 3.05) is 6.54 Å². The third-order valence-electron chi connectivity index (χ3n) is 4.92. The van der Waals surface area contributed by atoms with E-state index in [0.29, 0.717) is 30.5 Å². The quantitative estimate of drug-likeness (QED) is 0.642.